The number of piperazine rings is 1. The molecule has 0 aromatic rings. The van der Waals surface area contributed by atoms with Crippen LogP contribution in [-0.2, 0) is 9.59 Å². The molecule has 2 aliphatic carbocycles. The molecule has 0 unspecified atom stereocenters. The van der Waals surface area contributed by atoms with Gasteiger partial charge < -0.3 is 20.4 Å². The fourth-order valence-corrected chi connectivity index (χ4v) is 3.38. The Morgan fingerprint density at radius 3 is 1.57 bits per heavy atom. The van der Waals surface area contributed by atoms with E-state index in [2.05, 4.69) is 31.9 Å². The van der Waals surface area contributed by atoms with Crippen LogP contribution in [0.5, 0.6) is 0 Å². The van der Waals surface area contributed by atoms with Gasteiger partial charge in [-0.2, -0.15) is 0 Å². The molecule has 148 valence electrons. The van der Waals surface area contributed by atoms with Crippen LogP contribution in [0.4, 0.5) is 0 Å². The standard InChI is InChI=1S/C22H28N4O2/c27-21(19-7-1-2-8-19)23-11-5-13-25-15-17-26(18-16-25)14-6-12-24-22(28)20-9-3-4-10-20/h1-4,7,9H,5-6,11-18H2,(H,23,27)(H,24,28). The van der Waals surface area contributed by atoms with E-state index < -0.39 is 0 Å². The highest BCUT2D eigenvalue weighted by molar-refractivity contribution is 5.97. The minimum absolute atomic E-state index is 0.0434. The van der Waals surface area contributed by atoms with Gasteiger partial charge in [0.25, 0.3) is 11.8 Å². The number of nitrogens with one attached hydrogen (secondary N) is 2. The van der Waals surface area contributed by atoms with Crippen LogP contribution < -0.4 is 10.6 Å². The van der Waals surface area contributed by atoms with Crippen molar-refractivity contribution in [2.75, 3.05) is 52.4 Å². The van der Waals surface area contributed by atoms with Crippen molar-refractivity contribution in [2.45, 2.75) is 12.8 Å². The van der Waals surface area contributed by atoms with E-state index in [9.17, 15) is 9.59 Å². The Morgan fingerprint density at radius 1 is 0.786 bits per heavy atom. The highest BCUT2D eigenvalue weighted by Crippen LogP contribution is 2.05. The molecule has 0 atom stereocenters. The van der Waals surface area contributed by atoms with Crippen molar-refractivity contribution in [2.24, 2.45) is 0 Å². The zero-order chi connectivity index (χ0) is 19.6. The fraction of sp³-hybridized carbons (Fsp3) is 0.455. The lowest BCUT2D eigenvalue weighted by Crippen LogP contribution is -2.47. The molecule has 0 radical (unpaired) electrons. The summed E-state index contributed by atoms with van der Waals surface area (Å²) in [6.45, 7) is 7.62. The number of carbonyl (C=O) groups is 2. The summed E-state index contributed by atoms with van der Waals surface area (Å²) in [6, 6.07) is 0. The molecule has 1 saturated heterocycles. The Morgan fingerprint density at radius 2 is 1.21 bits per heavy atom. The smallest absolute Gasteiger partial charge is 0.259 e. The maximum atomic E-state index is 11.8. The minimum Gasteiger partial charge on any atom is -0.351 e. The first-order chi connectivity index (χ1) is 13.7. The lowest BCUT2D eigenvalue weighted by Gasteiger charge is -2.34. The average molecular weight is 380 g/mol. The van der Waals surface area contributed by atoms with E-state index in [4.69, 9.17) is 0 Å². The Kier molecular flexibility index (Phi) is 7.65. The molecule has 6 nitrogen and oxygen atoms in total. The van der Waals surface area contributed by atoms with Crippen molar-refractivity contribution in [3.05, 3.63) is 59.1 Å². The Balaban J connectivity index is 1.20. The van der Waals surface area contributed by atoms with E-state index in [1.54, 1.807) is 24.3 Å². The van der Waals surface area contributed by atoms with Crippen LogP contribution in [0, 0.1) is 0 Å². The van der Waals surface area contributed by atoms with Gasteiger partial charge in [0, 0.05) is 39.3 Å². The molecular weight excluding hydrogens is 352 g/mol. The van der Waals surface area contributed by atoms with Crippen LogP contribution in [0.3, 0.4) is 0 Å². The first-order valence-electron chi connectivity index (χ1n) is 10.0. The van der Waals surface area contributed by atoms with Crippen molar-refractivity contribution in [3.8, 4) is 0 Å². The second-order valence-corrected chi connectivity index (χ2v) is 7.07. The third-order valence-corrected chi connectivity index (χ3v) is 5.02. The van der Waals surface area contributed by atoms with E-state index in [-0.39, 0.29) is 11.8 Å². The minimum atomic E-state index is -0.0434. The molecule has 2 N–H and O–H groups in total. The highest BCUT2D eigenvalue weighted by Gasteiger charge is 2.16. The predicted octanol–water partition coefficient (Wildman–Crippen LogP) is 0.919. The van der Waals surface area contributed by atoms with Crippen LogP contribution in [0.1, 0.15) is 12.8 Å². The molecule has 3 aliphatic rings. The van der Waals surface area contributed by atoms with Gasteiger partial charge in [0.15, 0.2) is 0 Å². The van der Waals surface area contributed by atoms with Gasteiger partial charge in [-0.15, -0.1) is 11.5 Å². The van der Waals surface area contributed by atoms with Gasteiger partial charge in [-0.05, 0) is 50.2 Å². The van der Waals surface area contributed by atoms with Crippen LogP contribution in [-0.4, -0.2) is 74.0 Å². The van der Waals surface area contributed by atoms with E-state index in [0.29, 0.717) is 24.2 Å². The van der Waals surface area contributed by atoms with Crippen molar-refractivity contribution in [3.63, 3.8) is 0 Å². The van der Waals surface area contributed by atoms with Gasteiger partial charge >= 0.3 is 0 Å². The molecule has 0 aromatic heterocycles. The van der Waals surface area contributed by atoms with Gasteiger partial charge in [0.2, 0.25) is 0 Å². The van der Waals surface area contributed by atoms with E-state index in [1.165, 1.54) is 0 Å². The maximum Gasteiger partial charge on any atom is 0.259 e. The summed E-state index contributed by atoms with van der Waals surface area (Å²) in [5.41, 5.74) is 7.04. The van der Waals surface area contributed by atoms with E-state index >= 15 is 0 Å². The van der Waals surface area contributed by atoms with Crippen LogP contribution >= 0.6 is 0 Å². The topological polar surface area (TPSA) is 64.7 Å². The first kappa shape index (κ1) is 20.1. The summed E-state index contributed by atoms with van der Waals surface area (Å²) in [5.74, 6) is -0.0867. The first-order valence-corrected chi connectivity index (χ1v) is 10.0. The molecule has 2 amide bonds. The fourth-order valence-electron chi connectivity index (χ4n) is 3.38. The number of hydrogen-bond donors (Lipinski definition) is 2. The monoisotopic (exact) mass is 380 g/mol. The van der Waals surface area contributed by atoms with Crippen LogP contribution in [0.2, 0.25) is 0 Å². The Hall–Kier alpha value is -2.62. The third-order valence-electron chi connectivity index (χ3n) is 5.02. The van der Waals surface area contributed by atoms with Crippen LogP contribution in [0.25, 0.3) is 0 Å². The van der Waals surface area contributed by atoms with E-state index in [0.717, 1.165) is 52.1 Å². The van der Waals surface area contributed by atoms with Gasteiger partial charge in [-0.3, -0.25) is 9.59 Å². The summed E-state index contributed by atoms with van der Waals surface area (Å²) in [4.78, 5) is 28.6. The molecule has 3 rings (SSSR count). The summed E-state index contributed by atoms with van der Waals surface area (Å²) >= 11 is 0. The van der Waals surface area contributed by atoms with Crippen molar-refractivity contribution in [1.82, 2.24) is 20.4 Å². The van der Waals surface area contributed by atoms with Gasteiger partial charge in [0.05, 0.1) is 11.1 Å². The second kappa shape index (κ2) is 10.6. The van der Waals surface area contributed by atoms with Crippen molar-refractivity contribution < 1.29 is 9.59 Å². The summed E-state index contributed by atoms with van der Waals surface area (Å²) < 4.78 is 0. The largest absolute Gasteiger partial charge is 0.351 e. The number of allylic oxidation sites excluding steroid dienone is 2. The van der Waals surface area contributed by atoms with E-state index in [1.807, 2.05) is 12.2 Å². The quantitative estimate of drug-likeness (QED) is 0.437. The SMILES string of the molecule is O=C(NCCCN1CCN(CCCNC(=O)C2=C=CC=C2)CC1)C1=C=CC=C1. The number of nitrogens with zero attached hydrogens (tertiary/aromatic N) is 2. The van der Waals surface area contributed by atoms with Gasteiger partial charge in [-0.25, -0.2) is 0 Å². The lowest BCUT2D eigenvalue weighted by molar-refractivity contribution is -0.118. The maximum absolute atomic E-state index is 11.8. The molecule has 28 heavy (non-hydrogen) atoms. The molecule has 0 spiro atoms. The molecule has 1 heterocycles. The highest BCUT2D eigenvalue weighted by atomic mass is 16.2. The summed E-state index contributed by atoms with van der Waals surface area (Å²) in [5, 5.41) is 5.89. The zero-order valence-corrected chi connectivity index (χ0v) is 16.2. The molecular formula is C22H28N4O2. The van der Waals surface area contributed by atoms with Crippen molar-refractivity contribution >= 4 is 11.8 Å². The zero-order valence-electron chi connectivity index (χ0n) is 16.2. The Bertz CT molecular complexity index is 706. The van der Waals surface area contributed by atoms with Gasteiger partial charge in [-0.1, -0.05) is 12.2 Å². The predicted molar refractivity (Wildman–Crippen MR) is 110 cm³/mol. The number of carbonyl (C=O) groups excluding carboxylic acids is 2. The molecule has 0 bridgehead atoms. The summed E-state index contributed by atoms with van der Waals surface area (Å²) in [6.07, 6.45) is 12.6. The van der Waals surface area contributed by atoms with Crippen LogP contribution in [0.15, 0.2) is 59.1 Å². The van der Waals surface area contributed by atoms with Crippen molar-refractivity contribution in [1.29, 1.82) is 0 Å². The van der Waals surface area contributed by atoms with Gasteiger partial charge in [0.1, 0.15) is 0 Å². The normalized spacial score (nSPS) is 18.4. The molecule has 1 fully saturated rings. The number of rotatable bonds is 10. The third kappa shape index (κ3) is 6.22. The molecule has 0 saturated carbocycles. The molecule has 0 aromatic carbocycles. The average Bonchev–Trinajstić information content (AvgIpc) is 3.43. The molecule has 6 heteroatoms. The lowest BCUT2D eigenvalue weighted by atomic mass is 10.2. The number of amides is 2. The summed E-state index contributed by atoms with van der Waals surface area (Å²) in [7, 11) is 0. The number of hydrogen-bond acceptors (Lipinski definition) is 4. The Labute approximate surface area is 166 Å². The molecule has 1 aliphatic heterocycles. The second-order valence-electron chi connectivity index (χ2n) is 7.07.